The SMILES string of the molecule is CN1CCCN(C2=CC=CCc3c2ncn3C=O)CC1. The van der Waals surface area contributed by atoms with Gasteiger partial charge < -0.3 is 9.80 Å². The van der Waals surface area contributed by atoms with Crippen LogP contribution < -0.4 is 0 Å². The Hall–Kier alpha value is -1.88. The minimum absolute atomic E-state index is 0.752. The summed E-state index contributed by atoms with van der Waals surface area (Å²) in [7, 11) is 2.16. The van der Waals surface area contributed by atoms with E-state index in [4.69, 9.17) is 0 Å². The summed E-state index contributed by atoms with van der Waals surface area (Å²) in [6.07, 6.45) is 10.6. The molecule has 0 N–H and O–H groups in total. The zero-order chi connectivity index (χ0) is 13.9. The van der Waals surface area contributed by atoms with Gasteiger partial charge in [-0.15, -0.1) is 0 Å². The van der Waals surface area contributed by atoms with Crippen molar-refractivity contribution >= 4 is 12.1 Å². The van der Waals surface area contributed by atoms with Crippen molar-refractivity contribution in [3.8, 4) is 0 Å². The molecule has 1 aromatic rings. The first-order valence-electron chi connectivity index (χ1n) is 7.11. The molecule has 2 heterocycles. The minimum atomic E-state index is 0.752. The average molecular weight is 272 g/mol. The largest absolute Gasteiger partial charge is 0.368 e. The molecule has 5 heteroatoms. The lowest BCUT2D eigenvalue weighted by atomic mass is 10.2. The van der Waals surface area contributed by atoms with Gasteiger partial charge in [0.05, 0.1) is 11.4 Å². The third-order valence-corrected chi connectivity index (χ3v) is 4.01. The number of nitrogens with zero attached hydrogens (tertiary/aromatic N) is 4. The van der Waals surface area contributed by atoms with Gasteiger partial charge in [0, 0.05) is 26.1 Å². The molecule has 0 unspecified atom stereocenters. The molecule has 0 spiro atoms. The number of fused-ring (bicyclic) bond motifs is 1. The molecular weight excluding hydrogens is 252 g/mol. The molecule has 1 aromatic heterocycles. The second-order valence-electron chi connectivity index (χ2n) is 5.38. The van der Waals surface area contributed by atoms with E-state index in [1.807, 2.05) is 0 Å². The lowest BCUT2D eigenvalue weighted by molar-refractivity contribution is 0.342. The Morgan fingerprint density at radius 1 is 1.25 bits per heavy atom. The van der Waals surface area contributed by atoms with Crippen LogP contribution in [0.5, 0.6) is 0 Å². The summed E-state index contributed by atoms with van der Waals surface area (Å²) < 4.78 is 1.59. The van der Waals surface area contributed by atoms with Gasteiger partial charge in [-0.1, -0.05) is 12.2 Å². The second kappa shape index (κ2) is 5.63. The Morgan fingerprint density at radius 3 is 3.00 bits per heavy atom. The van der Waals surface area contributed by atoms with E-state index in [1.165, 1.54) is 0 Å². The van der Waals surface area contributed by atoms with Crippen LogP contribution >= 0.6 is 0 Å². The summed E-state index contributed by atoms with van der Waals surface area (Å²) in [5.74, 6) is 0. The van der Waals surface area contributed by atoms with Crippen molar-refractivity contribution in [1.29, 1.82) is 0 Å². The van der Waals surface area contributed by atoms with E-state index in [9.17, 15) is 4.79 Å². The molecular formula is C15H20N4O. The van der Waals surface area contributed by atoms with Gasteiger partial charge in [-0.3, -0.25) is 9.36 Å². The van der Waals surface area contributed by atoms with Crippen LogP contribution in [0.1, 0.15) is 17.8 Å². The van der Waals surface area contributed by atoms with Crippen LogP contribution in [0.25, 0.3) is 5.70 Å². The second-order valence-corrected chi connectivity index (χ2v) is 5.38. The van der Waals surface area contributed by atoms with Gasteiger partial charge in [0.1, 0.15) is 12.0 Å². The van der Waals surface area contributed by atoms with Gasteiger partial charge in [0.15, 0.2) is 0 Å². The minimum Gasteiger partial charge on any atom is -0.368 e. The zero-order valence-corrected chi connectivity index (χ0v) is 11.8. The average Bonchev–Trinajstić information content (AvgIpc) is 2.62. The van der Waals surface area contributed by atoms with E-state index >= 15 is 0 Å². The standard InChI is InChI=1S/C15H20N4O/c1-17-7-4-8-18(10-9-17)13-5-2-3-6-14-15(13)16-11-19(14)12-20/h2-3,5,11-12H,4,6-10H2,1H3. The Bertz CT molecular complexity index is 558. The molecule has 0 aromatic carbocycles. The molecule has 0 saturated carbocycles. The number of hydrogen-bond donors (Lipinski definition) is 0. The molecule has 2 aliphatic rings. The van der Waals surface area contributed by atoms with E-state index in [2.05, 4.69) is 40.1 Å². The molecule has 5 nitrogen and oxygen atoms in total. The highest BCUT2D eigenvalue weighted by Crippen LogP contribution is 2.25. The molecule has 3 rings (SSSR count). The van der Waals surface area contributed by atoms with Gasteiger partial charge in [0.2, 0.25) is 6.41 Å². The van der Waals surface area contributed by atoms with Crippen LogP contribution in [0.4, 0.5) is 0 Å². The van der Waals surface area contributed by atoms with Crippen molar-refractivity contribution in [3.63, 3.8) is 0 Å². The van der Waals surface area contributed by atoms with Gasteiger partial charge in [-0.05, 0) is 26.1 Å². The van der Waals surface area contributed by atoms with E-state index in [1.54, 1.807) is 10.9 Å². The van der Waals surface area contributed by atoms with Crippen LogP contribution in [-0.4, -0.2) is 59.0 Å². The van der Waals surface area contributed by atoms with Gasteiger partial charge in [-0.2, -0.15) is 0 Å². The number of carbonyl (C=O) groups is 1. The summed E-state index contributed by atoms with van der Waals surface area (Å²) in [6, 6.07) is 0. The summed E-state index contributed by atoms with van der Waals surface area (Å²) in [5.41, 5.74) is 3.08. The molecule has 20 heavy (non-hydrogen) atoms. The van der Waals surface area contributed by atoms with Crippen molar-refractivity contribution in [2.24, 2.45) is 0 Å². The first kappa shape index (κ1) is 13.1. The van der Waals surface area contributed by atoms with Gasteiger partial charge >= 0.3 is 0 Å². The highest BCUT2D eigenvalue weighted by atomic mass is 16.1. The predicted octanol–water partition coefficient (Wildman–Crippen LogP) is 1.01. The number of allylic oxidation sites excluding steroid dienone is 3. The van der Waals surface area contributed by atoms with Crippen LogP contribution in [0.15, 0.2) is 24.6 Å². The quantitative estimate of drug-likeness (QED) is 0.754. The fourth-order valence-corrected chi connectivity index (χ4v) is 2.85. The number of rotatable bonds is 2. The number of imidazole rings is 1. The Labute approximate surface area is 119 Å². The summed E-state index contributed by atoms with van der Waals surface area (Å²) in [4.78, 5) is 20.3. The Morgan fingerprint density at radius 2 is 2.15 bits per heavy atom. The van der Waals surface area contributed by atoms with E-state index in [-0.39, 0.29) is 0 Å². The number of hydrogen-bond acceptors (Lipinski definition) is 4. The van der Waals surface area contributed by atoms with E-state index in [0.717, 1.165) is 62.5 Å². The maximum Gasteiger partial charge on any atom is 0.219 e. The molecule has 1 aliphatic carbocycles. The van der Waals surface area contributed by atoms with E-state index < -0.39 is 0 Å². The molecule has 0 atom stereocenters. The zero-order valence-electron chi connectivity index (χ0n) is 11.8. The molecule has 106 valence electrons. The first-order chi connectivity index (χ1) is 9.79. The number of likely N-dealkylation sites (N-methyl/N-ethyl adjacent to an activating group) is 1. The first-order valence-corrected chi connectivity index (χ1v) is 7.11. The molecule has 0 bridgehead atoms. The maximum absolute atomic E-state index is 11.1. The smallest absolute Gasteiger partial charge is 0.219 e. The van der Waals surface area contributed by atoms with Crippen LogP contribution in [-0.2, 0) is 11.2 Å². The summed E-state index contributed by atoms with van der Waals surface area (Å²) in [6.45, 7) is 4.24. The summed E-state index contributed by atoms with van der Waals surface area (Å²) >= 11 is 0. The number of aromatic nitrogens is 2. The lowest BCUT2D eigenvalue weighted by Gasteiger charge is -2.25. The van der Waals surface area contributed by atoms with E-state index in [0.29, 0.717) is 0 Å². The fourth-order valence-electron chi connectivity index (χ4n) is 2.85. The molecule has 1 aliphatic heterocycles. The highest BCUT2D eigenvalue weighted by molar-refractivity contribution is 5.69. The van der Waals surface area contributed by atoms with Crippen molar-refractivity contribution in [3.05, 3.63) is 35.9 Å². The fraction of sp³-hybridized carbons (Fsp3) is 0.467. The number of carbonyl (C=O) groups excluding carboxylic acids is 1. The normalized spacial score (nSPS) is 20.1. The van der Waals surface area contributed by atoms with Gasteiger partial charge in [0.25, 0.3) is 0 Å². The third-order valence-electron chi connectivity index (χ3n) is 4.01. The molecule has 0 amide bonds. The van der Waals surface area contributed by atoms with Crippen LogP contribution in [0.3, 0.4) is 0 Å². The van der Waals surface area contributed by atoms with Crippen molar-refractivity contribution in [2.75, 3.05) is 33.2 Å². The van der Waals surface area contributed by atoms with Crippen molar-refractivity contribution < 1.29 is 4.79 Å². The monoisotopic (exact) mass is 272 g/mol. The molecule has 1 fully saturated rings. The van der Waals surface area contributed by atoms with Crippen molar-refractivity contribution in [2.45, 2.75) is 12.8 Å². The Balaban J connectivity index is 1.93. The van der Waals surface area contributed by atoms with Crippen LogP contribution in [0, 0.1) is 0 Å². The molecule has 1 saturated heterocycles. The highest BCUT2D eigenvalue weighted by Gasteiger charge is 2.21. The third kappa shape index (κ3) is 2.41. The molecule has 0 radical (unpaired) electrons. The van der Waals surface area contributed by atoms with Gasteiger partial charge in [-0.25, -0.2) is 4.98 Å². The summed E-state index contributed by atoms with van der Waals surface area (Å²) in [5, 5.41) is 0. The topological polar surface area (TPSA) is 41.4 Å². The van der Waals surface area contributed by atoms with Crippen LogP contribution in [0.2, 0.25) is 0 Å². The van der Waals surface area contributed by atoms with Crippen molar-refractivity contribution in [1.82, 2.24) is 19.4 Å². The predicted molar refractivity (Wildman–Crippen MR) is 78.9 cm³/mol. The Kier molecular flexibility index (Phi) is 3.69. The lowest BCUT2D eigenvalue weighted by Crippen LogP contribution is -2.28. The maximum atomic E-state index is 11.1.